The molecule has 0 spiro atoms. The van der Waals surface area contributed by atoms with E-state index in [9.17, 15) is 5.11 Å². The first kappa shape index (κ1) is 12.8. The van der Waals surface area contributed by atoms with Crippen molar-refractivity contribution in [2.24, 2.45) is 5.84 Å². The van der Waals surface area contributed by atoms with Crippen molar-refractivity contribution in [3.8, 4) is 0 Å². The highest BCUT2D eigenvalue weighted by atomic mass is 16.3. The SMILES string of the molecule is CN(c1cc(NN)nc(N)n1)C1CCCCC1O. The van der Waals surface area contributed by atoms with E-state index in [1.54, 1.807) is 6.07 Å². The molecule has 18 heavy (non-hydrogen) atoms. The van der Waals surface area contributed by atoms with Crippen LogP contribution in [0.4, 0.5) is 17.6 Å². The summed E-state index contributed by atoms with van der Waals surface area (Å²) in [6.07, 6.45) is 3.65. The third-order valence-electron chi connectivity index (χ3n) is 3.43. The van der Waals surface area contributed by atoms with E-state index in [2.05, 4.69) is 15.4 Å². The molecule has 1 saturated carbocycles. The standard InChI is InChI=1S/C11H20N6O/c1-17(7-4-2-3-5-8(7)18)10-6-9(16-13)14-11(12)15-10/h6-8,18H,2-5,13H2,1H3,(H3,12,14,15,16). The number of aromatic nitrogens is 2. The number of nitrogens with one attached hydrogen (secondary N) is 1. The van der Waals surface area contributed by atoms with Gasteiger partial charge in [-0.05, 0) is 12.8 Å². The van der Waals surface area contributed by atoms with Crippen LogP contribution in [0.5, 0.6) is 0 Å². The second-order valence-electron chi connectivity index (χ2n) is 4.64. The lowest BCUT2D eigenvalue weighted by Gasteiger charge is -2.35. The Labute approximate surface area is 106 Å². The van der Waals surface area contributed by atoms with Crippen molar-refractivity contribution in [2.45, 2.75) is 37.8 Å². The number of hydrogen-bond donors (Lipinski definition) is 4. The molecule has 0 radical (unpaired) electrons. The molecule has 0 saturated heterocycles. The Morgan fingerprint density at radius 2 is 2.11 bits per heavy atom. The van der Waals surface area contributed by atoms with Crippen LogP contribution in [0.1, 0.15) is 25.7 Å². The van der Waals surface area contributed by atoms with Crippen LogP contribution in [0.3, 0.4) is 0 Å². The Kier molecular flexibility index (Phi) is 3.83. The molecular weight excluding hydrogens is 232 g/mol. The number of hydrazine groups is 1. The molecule has 1 aliphatic rings. The highest BCUT2D eigenvalue weighted by molar-refractivity contribution is 5.52. The Bertz CT molecular complexity index is 413. The summed E-state index contributed by atoms with van der Waals surface area (Å²) in [5, 5.41) is 10.0. The second-order valence-corrected chi connectivity index (χ2v) is 4.64. The second kappa shape index (κ2) is 5.36. The highest BCUT2D eigenvalue weighted by Gasteiger charge is 2.27. The van der Waals surface area contributed by atoms with Gasteiger partial charge in [-0.25, -0.2) is 5.84 Å². The van der Waals surface area contributed by atoms with E-state index < -0.39 is 0 Å². The molecule has 1 aliphatic carbocycles. The molecule has 7 nitrogen and oxygen atoms in total. The van der Waals surface area contributed by atoms with Crippen molar-refractivity contribution < 1.29 is 5.11 Å². The minimum absolute atomic E-state index is 0.0682. The first-order valence-electron chi connectivity index (χ1n) is 6.14. The zero-order chi connectivity index (χ0) is 13.1. The van der Waals surface area contributed by atoms with Crippen molar-refractivity contribution in [3.05, 3.63) is 6.07 Å². The van der Waals surface area contributed by atoms with Gasteiger partial charge in [0.05, 0.1) is 12.1 Å². The summed E-state index contributed by atoms with van der Waals surface area (Å²) in [6.45, 7) is 0. The molecule has 0 aliphatic heterocycles. The van der Waals surface area contributed by atoms with Gasteiger partial charge in [0, 0.05) is 13.1 Å². The van der Waals surface area contributed by atoms with E-state index in [-0.39, 0.29) is 18.1 Å². The van der Waals surface area contributed by atoms with Gasteiger partial charge >= 0.3 is 0 Å². The number of rotatable bonds is 3. The predicted octanol–water partition coefficient (Wildman–Crippen LogP) is 0.0841. The lowest BCUT2D eigenvalue weighted by molar-refractivity contribution is 0.106. The van der Waals surface area contributed by atoms with Crippen LogP contribution in [0.25, 0.3) is 0 Å². The zero-order valence-electron chi connectivity index (χ0n) is 10.5. The van der Waals surface area contributed by atoms with Gasteiger partial charge in [0.15, 0.2) is 0 Å². The Hall–Kier alpha value is -1.60. The third-order valence-corrected chi connectivity index (χ3v) is 3.43. The van der Waals surface area contributed by atoms with E-state index in [0.29, 0.717) is 11.6 Å². The van der Waals surface area contributed by atoms with Crippen LogP contribution in [0.2, 0.25) is 0 Å². The van der Waals surface area contributed by atoms with Gasteiger partial charge in [0.1, 0.15) is 11.6 Å². The summed E-state index contributed by atoms with van der Waals surface area (Å²) in [6, 6.07) is 1.79. The average molecular weight is 252 g/mol. The summed E-state index contributed by atoms with van der Waals surface area (Å²) in [5.41, 5.74) is 8.09. The van der Waals surface area contributed by atoms with E-state index in [4.69, 9.17) is 11.6 Å². The average Bonchev–Trinajstić information content (AvgIpc) is 2.37. The summed E-state index contributed by atoms with van der Waals surface area (Å²) in [5.74, 6) is 6.63. The molecule has 0 amide bonds. The molecule has 100 valence electrons. The van der Waals surface area contributed by atoms with Crippen LogP contribution in [-0.2, 0) is 0 Å². The van der Waals surface area contributed by atoms with Gasteiger partial charge in [-0.3, -0.25) is 0 Å². The van der Waals surface area contributed by atoms with Crippen molar-refractivity contribution in [1.29, 1.82) is 0 Å². The largest absolute Gasteiger partial charge is 0.391 e. The maximum atomic E-state index is 10.0. The number of nitrogens with zero attached hydrogens (tertiary/aromatic N) is 3. The fourth-order valence-corrected chi connectivity index (χ4v) is 2.42. The Morgan fingerprint density at radius 3 is 2.78 bits per heavy atom. The van der Waals surface area contributed by atoms with Crippen LogP contribution < -0.4 is 21.9 Å². The third kappa shape index (κ3) is 2.62. The van der Waals surface area contributed by atoms with Crippen LogP contribution in [0.15, 0.2) is 6.07 Å². The molecule has 1 fully saturated rings. The van der Waals surface area contributed by atoms with Gasteiger partial charge in [-0.1, -0.05) is 12.8 Å². The lowest BCUT2D eigenvalue weighted by atomic mass is 9.91. The van der Waals surface area contributed by atoms with E-state index in [1.165, 1.54) is 0 Å². The fraction of sp³-hybridized carbons (Fsp3) is 0.636. The lowest BCUT2D eigenvalue weighted by Crippen LogP contribution is -2.44. The number of aliphatic hydroxyl groups is 1. The first-order valence-corrected chi connectivity index (χ1v) is 6.14. The minimum atomic E-state index is -0.325. The maximum Gasteiger partial charge on any atom is 0.223 e. The van der Waals surface area contributed by atoms with Crippen LogP contribution in [-0.4, -0.2) is 34.3 Å². The Morgan fingerprint density at radius 1 is 1.39 bits per heavy atom. The number of anilines is 3. The molecule has 2 unspecified atom stereocenters. The minimum Gasteiger partial charge on any atom is -0.391 e. The molecule has 1 aromatic heterocycles. The highest BCUT2D eigenvalue weighted by Crippen LogP contribution is 2.26. The van der Waals surface area contributed by atoms with Crippen molar-refractivity contribution in [1.82, 2.24) is 9.97 Å². The molecule has 2 atom stereocenters. The quantitative estimate of drug-likeness (QED) is 0.445. The number of aliphatic hydroxyl groups excluding tert-OH is 1. The number of nitrogens with two attached hydrogens (primary N) is 2. The summed E-state index contributed by atoms with van der Waals surface area (Å²) in [7, 11) is 1.90. The van der Waals surface area contributed by atoms with E-state index in [0.717, 1.165) is 25.7 Å². The van der Waals surface area contributed by atoms with Gasteiger partial charge in [-0.15, -0.1) is 0 Å². The Balaban J connectivity index is 2.21. The van der Waals surface area contributed by atoms with Gasteiger partial charge in [0.2, 0.25) is 5.95 Å². The van der Waals surface area contributed by atoms with Crippen LogP contribution >= 0.6 is 0 Å². The molecule has 1 heterocycles. The molecule has 6 N–H and O–H groups in total. The maximum absolute atomic E-state index is 10.0. The predicted molar refractivity (Wildman–Crippen MR) is 70.9 cm³/mol. The molecular formula is C11H20N6O. The molecule has 2 rings (SSSR count). The van der Waals surface area contributed by atoms with Crippen molar-refractivity contribution in [2.75, 3.05) is 23.1 Å². The van der Waals surface area contributed by atoms with E-state index >= 15 is 0 Å². The van der Waals surface area contributed by atoms with Crippen molar-refractivity contribution >= 4 is 17.6 Å². The van der Waals surface area contributed by atoms with Gasteiger partial charge < -0.3 is 21.2 Å². The molecule has 1 aromatic rings. The van der Waals surface area contributed by atoms with Gasteiger partial charge in [0.25, 0.3) is 0 Å². The topological polar surface area (TPSA) is 113 Å². The number of nitrogen functional groups attached to an aromatic ring is 2. The molecule has 0 aromatic carbocycles. The summed E-state index contributed by atoms with van der Waals surface area (Å²) >= 11 is 0. The summed E-state index contributed by atoms with van der Waals surface area (Å²) in [4.78, 5) is 10.1. The number of hydrogen-bond acceptors (Lipinski definition) is 7. The summed E-state index contributed by atoms with van der Waals surface area (Å²) < 4.78 is 0. The number of likely N-dealkylation sites (N-methyl/N-ethyl adjacent to an activating group) is 1. The first-order chi connectivity index (χ1) is 8.61. The zero-order valence-corrected chi connectivity index (χ0v) is 10.5. The molecule has 7 heteroatoms. The fourth-order valence-electron chi connectivity index (χ4n) is 2.42. The van der Waals surface area contributed by atoms with E-state index in [1.807, 2.05) is 11.9 Å². The smallest absolute Gasteiger partial charge is 0.223 e. The normalized spacial score (nSPS) is 23.7. The van der Waals surface area contributed by atoms with Crippen LogP contribution in [0, 0.1) is 0 Å². The monoisotopic (exact) mass is 252 g/mol. The van der Waals surface area contributed by atoms with Crippen molar-refractivity contribution in [3.63, 3.8) is 0 Å². The van der Waals surface area contributed by atoms with Gasteiger partial charge in [-0.2, -0.15) is 9.97 Å². The molecule has 0 bridgehead atoms.